The van der Waals surface area contributed by atoms with Crippen LogP contribution < -0.4 is 5.73 Å². The van der Waals surface area contributed by atoms with Crippen LogP contribution in [-0.2, 0) is 4.79 Å². The molecule has 4 nitrogen and oxygen atoms in total. The molecular formula is C11H14ClNO3. The van der Waals surface area contributed by atoms with E-state index in [9.17, 15) is 9.90 Å². The van der Waals surface area contributed by atoms with Crippen LogP contribution in [0.2, 0.25) is 5.02 Å². The van der Waals surface area contributed by atoms with E-state index in [0.29, 0.717) is 10.6 Å². The van der Waals surface area contributed by atoms with Crippen molar-refractivity contribution in [3.05, 3.63) is 28.3 Å². The zero-order chi connectivity index (χ0) is 12.3. The summed E-state index contributed by atoms with van der Waals surface area (Å²) in [5.41, 5.74) is 7.03. The zero-order valence-electron chi connectivity index (χ0n) is 8.90. The summed E-state index contributed by atoms with van der Waals surface area (Å²) >= 11 is 5.96. The van der Waals surface area contributed by atoms with E-state index in [4.69, 9.17) is 22.4 Å². The van der Waals surface area contributed by atoms with Crippen molar-refractivity contribution in [3.63, 3.8) is 0 Å². The van der Waals surface area contributed by atoms with E-state index in [0.717, 1.165) is 5.56 Å². The Bertz CT molecular complexity index is 383. The molecule has 0 saturated carbocycles. The number of carboxylic acids is 1. The van der Waals surface area contributed by atoms with Crippen molar-refractivity contribution in [2.45, 2.75) is 25.8 Å². The fourth-order valence-electron chi connectivity index (χ4n) is 1.53. The number of halogens is 1. The highest BCUT2D eigenvalue weighted by atomic mass is 35.5. The average Bonchev–Trinajstić information content (AvgIpc) is 2.12. The van der Waals surface area contributed by atoms with Gasteiger partial charge in [0.2, 0.25) is 0 Å². The highest BCUT2D eigenvalue weighted by Gasteiger charge is 2.16. The quantitative estimate of drug-likeness (QED) is 0.757. The maximum Gasteiger partial charge on any atom is 0.303 e. The Morgan fingerprint density at radius 3 is 2.69 bits per heavy atom. The first kappa shape index (κ1) is 12.8. The van der Waals surface area contributed by atoms with Crippen molar-refractivity contribution >= 4 is 17.6 Å². The van der Waals surface area contributed by atoms with Gasteiger partial charge >= 0.3 is 5.97 Å². The van der Waals surface area contributed by atoms with E-state index in [1.807, 2.05) is 0 Å². The third-order valence-electron chi connectivity index (χ3n) is 2.29. The van der Waals surface area contributed by atoms with Crippen molar-refractivity contribution < 1.29 is 15.0 Å². The van der Waals surface area contributed by atoms with E-state index >= 15 is 0 Å². The molecule has 0 saturated heterocycles. The molecule has 0 aliphatic carbocycles. The molecule has 0 radical (unpaired) electrons. The van der Waals surface area contributed by atoms with Crippen LogP contribution in [0, 0.1) is 6.92 Å². The first-order valence-corrected chi connectivity index (χ1v) is 5.26. The standard InChI is InChI=1S/C11H14ClNO3/c1-6-4-7(12)11(9(14)5-6)8(13)2-3-10(15)16/h4-5,8,14H,2-3,13H2,1H3,(H,15,16). The van der Waals surface area contributed by atoms with Gasteiger partial charge in [0.05, 0.1) is 0 Å². The molecule has 0 fully saturated rings. The monoisotopic (exact) mass is 243 g/mol. The number of nitrogens with two attached hydrogens (primary N) is 1. The number of aryl methyl sites for hydroxylation is 1. The second kappa shape index (κ2) is 5.18. The van der Waals surface area contributed by atoms with Gasteiger partial charge in [-0.25, -0.2) is 0 Å². The second-order valence-electron chi connectivity index (χ2n) is 3.72. The Balaban J connectivity index is 2.90. The molecule has 0 bridgehead atoms. The van der Waals surface area contributed by atoms with Gasteiger partial charge in [0.25, 0.3) is 0 Å². The van der Waals surface area contributed by atoms with E-state index < -0.39 is 12.0 Å². The fraction of sp³-hybridized carbons (Fsp3) is 0.364. The van der Waals surface area contributed by atoms with Gasteiger partial charge in [0.15, 0.2) is 0 Å². The largest absolute Gasteiger partial charge is 0.508 e. The highest BCUT2D eigenvalue weighted by Crippen LogP contribution is 2.33. The molecule has 1 rings (SSSR count). The Kier molecular flexibility index (Phi) is 4.15. The first-order valence-electron chi connectivity index (χ1n) is 4.88. The van der Waals surface area contributed by atoms with E-state index in [1.54, 1.807) is 19.1 Å². The lowest BCUT2D eigenvalue weighted by molar-refractivity contribution is -0.137. The van der Waals surface area contributed by atoms with Gasteiger partial charge < -0.3 is 15.9 Å². The maximum absolute atomic E-state index is 10.4. The Morgan fingerprint density at radius 1 is 1.56 bits per heavy atom. The molecule has 5 heteroatoms. The number of benzene rings is 1. The molecule has 0 heterocycles. The molecule has 88 valence electrons. The summed E-state index contributed by atoms with van der Waals surface area (Å²) in [5.74, 6) is -0.902. The number of hydrogen-bond acceptors (Lipinski definition) is 3. The second-order valence-corrected chi connectivity index (χ2v) is 4.13. The van der Waals surface area contributed by atoms with Gasteiger partial charge in [0, 0.05) is 23.0 Å². The van der Waals surface area contributed by atoms with Crippen molar-refractivity contribution in [2.75, 3.05) is 0 Å². The van der Waals surface area contributed by atoms with Crippen LogP contribution in [0.15, 0.2) is 12.1 Å². The van der Waals surface area contributed by atoms with Gasteiger partial charge in [0.1, 0.15) is 5.75 Å². The minimum atomic E-state index is -0.918. The topological polar surface area (TPSA) is 83.5 Å². The third-order valence-corrected chi connectivity index (χ3v) is 2.60. The summed E-state index contributed by atoms with van der Waals surface area (Å²) in [6.07, 6.45) is 0.191. The zero-order valence-corrected chi connectivity index (χ0v) is 9.66. The van der Waals surface area contributed by atoms with Gasteiger partial charge in [-0.15, -0.1) is 0 Å². The number of carboxylic acid groups (broad SMARTS) is 1. The summed E-state index contributed by atoms with van der Waals surface area (Å²) < 4.78 is 0. The number of aromatic hydroxyl groups is 1. The summed E-state index contributed by atoms with van der Waals surface area (Å²) in [7, 11) is 0. The number of hydrogen-bond donors (Lipinski definition) is 3. The van der Waals surface area contributed by atoms with Gasteiger partial charge in [-0.1, -0.05) is 11.6 Å². The van der Waals surface area contributed by atoms with Crippen LogP contribution in [0.1, 0.15) is 30.0 Å². The summed E-state index contributed by atoms with van der Waals surface area (Å²) in [6, 6.07) is 2.68. The minimum Gasteiger partial charge on any atom is -0.508 e. The highest BCUT2D eigenvalue weighted by molar-refractivity contribution is 6.31. The number of carbonyl (C=O) groups is 1. The molecule has 16 heavy (non-hydrogen) atoms. The summed E-state index contributed by atoms with van der Waals surface area (Å²) in [4.78, 5) is 10.4. The smallest absolute Gasteiger partial charge is 0.303 e. The SMILES string of the molecule is Cc1cc(O)c(C(N)CCC(=O)O)c(Cl)c1. The van der Waals surface area contributed by atoms with Gasteiger partial charge in [-0.05, 0) is 31.0 Å². The number of phenolic OH excluding ortho intramolecular Hbond substituents is 1. The molecule has 0 aliphatic heterocycles. The molecule has 0 aliphatic rings. The van der Waals surface area contributed by atoms with Crippen molar-refractivity contribution in [2.24, 2.45) is 5.73 Å². The molecule has 0 amide bonds. The number of rotatable bonds is 4. The molecule has 0 spiro atoms. The average molecular weight is 244 g/mol. The van der Waals surface area contributed by atoms with E-state index in [-0.39, 0.29) is 18.6 Å². The Hall–Kier alpha value is -1.26. The van der Waals surface area contributed by atoms with E-state index in [2.05, 4.69) is 0 Å². The molecule has 1 atom stereocenters. The molecule has 1 aromatic rings. The van der Waals surface area contributed by atoms with Crippen LogP contribution in [0.25, 0.3) is 0 Å². The Labute approximate surface area is 98.6 Å². The normalized spacial score (nSPS) is 12.4. The van der Waals surface area contributed by atoms with Crippen LogP contribution in [0.5, 0.6) is 5.75 Å². The first-order chi connectivity index (χ1) is 7.41. The third kappa shape index (κ3) is 3.12. The van der Waals surface area contributed by atoms with Crippen molar-refractivity contribution in [1.82, 2.24) is 0 Å². The lowest BCUT2D eigenvalue weighted by Crippen LogP contribution is -2.13. The number of phenols is 1. The fourth-order valence-corrected chi connectivity index (χ4v) is 1.93. The van der Waals surface area contributed by atoms with Crippen LogP contribution in [0.4, 0.5) is 0 Å². The lowest BCUT2D eigenvalue weighted by Gasteiger charge is -2.15. The van der Waals surface area contributed by atoms with Crippen LogP contribution in [-0.4, -0.2) is 16.2 Å². The molecule has 0 aromatic heterocycles. The predicted octanol–water partition coefficient (Wildman–Crippen LogP) is 2.22. The van der Waals surface area contributed by atoms with Crippen molar-refractivity contribution in [1.29, 1.82) is 0 Å². The van der Waals surface area contributed by atoms with E-state index in [1.165, 1.54) is 0 Å². The number of aliphatic carboxylic acids is 1. The summed E-state index contributed by atoms with van der Waals surface area (Å²) in [6.45, 7) is 1.80. The lowest BCUT2D eigenvalue weighted by atomic mass is 10.0. The molecular weight excluding hydrogens is 230 g/mol. The van der Waals surface area contributed by atoms with Gasteiger partial charge in [-0.2, -0.15) is 0 Å². The minimum absolute atomic E-state index is 0.0166. The van der Waals surface area contributed by atoms with Gasteiger partial charge in [-0.3, -0.25) is 4.79 Å². The van der Waals surface area contributed by atoms with Crippen LogP contribution >= 0.6 is 11.6 Å². The molecule has 1 aromatic carbocycles. The molecule has 1 unspecified atom stereocenters. The molecule has 4 N–H and O–H groups in total. The predicted molar refractivity (Wildman–Crippen MR) is 61.7 cm³/mol. The van der Waals surface area contributed by atoms with Crippen LogP contribution in [0.3, 0.4) is 0 Å². The van der Waals surface area contributed by atoms with Crippen molar-refractivity contribution in [3.8, 4) is 5.75 Å². The summed E-state index contributed by atoms with van der Waals surface area (Å²) in [5, 5.41) is 18.6. The Morgan fingerprint density at radius 2 is 2.19 bits per heavy atom. The maximum atomic E-state index is 10.4.